The number of aliphatic hydroxyl groups excluding tert-OH is 1. The number of aryl methyl sites for hydroxylation is 1. The van der Waals surface area contributed by atoms with Crippen molar-refractivity contribution in [3.05, 3.63) is 40.4 Å². The molecule has 2 rings (SSSR count). The van der Waals surface area contributed by atoms with Crippen molar-refractivity contribution in [3.8, 4) is 0 Å². The van der Waals surface area contributed by atoms with Crippen LogP contribution in [0.5, 0.6) is 0 Å². The highest BCUT2D eigenvalue weighted by molar-refractivity contribution is 8.01. The Morgan fingerprint density at radius 1 is 1.25 bits per heavy atom. The summed E-state index contributed by atoms with van der Waals surface area (Å²) in [5, 5.41) is 18.5. The van der Waals surface area contributed by atoms with E-state index in [4.69, 9.17) is 0 Å². The molecule has 1 heterocycles. The molecule has 0 aliphatic heterocycles. The van der Waals surface area contributed by atoms with Crippen molar-refractivity contribution in [2.45, 2.75) is 23.5 Å². The van der Waals surface area contributed by atoms with E-state index in [0.717, 1.165) is 21.5 Å². The van der Waals surface area contributed by atoms with Gasteiger partial charge in [-0.05, 0) is 24.6 Å². The molecule has 1 N–H and O–H groups in total. The number of aliphatic hydroxyl groups is 1. The zero-order chi connectivity index (χ0) is 14.8. The first-order valence-electron chi connectivity index (χ1n) is 5.64. The van der Waals surface area contributed by atoms with Gasteiger partial charge < -0.3 is 5.11 Å². The summed E-state index contributed by atoms with van der Waals surface area (Å²) in [5.74, 6) is 0.319. The normalized spacial score (nSPS) is 13.4. The number of hydrogen-bond donors (Lipinski definition) is 1. The average molecular weight is 320 g/mol. The van der Waals surface area contributed by atoms with Gasteiger partial charge in [0.15, 0.2) is 4.34 Å². The first kappa shape index (κ1) is 15.3. The Labute approximate surface area is 121 Å². The second-order valence-electron chi connectivity index (χ2n) is 4.03. The van der Waals surface area contributed by atoms with Crippen LogP contribution in [-0.2, 0) is 6.18 Å². The Kier molecular flexibility index (Phi) is 4.66. The molecule has 0 amide bonds. The Hall–Kier alpha value is -1.12. The lowest BCUT2D eigenvalue weighted by Gasteiger charge is -2.11. The van der Waals surface area contributed by atoms with Crippen LogP contribution in [0.3, 0.4) is 0 Å². The second kappa shape index (κ2) is 6.11. The fraction of sp³-hybridized carbons (Fsp3) is 0.333. The summed E-state index contributed by atoms with van der Waals surface area (Å²) in [6.07, 6.45) is -5.20. The maximum Gasteiger partial charge on any atom is 0.416 e. The highest BCUT2D eigenvalue weighted by atomic mass is 32.2. The smallest absolute Gasteiger partial charge is 0.388 e. The van der Waals surface area contributed by atoms with E-state index in [1.807, 2.05) is 6.92 Å². The molecular weight excluding hydrogens is 309 g/mol. The molecule has 0 bridgehead atoms. The summed E-state index contributed by atoms with van der Waals surface area (Å²) in [4.78, 5) is 0. The number of nitrogens with zero attached hydrogens (tertiary/aromatic N) is 2. The maximum atomic E-state index is 12.4. The van der Waals surface area contributed by atoms with Crippen molar-refractivity contribution >= 4 is 23.1 Å². The van der Waals surface area contributed by atoms with Crippen LogP contribution in [0.4, 0.5) is 13.2 Å². The van der Waals surface area contributed by atoms with E-state index in [-0.39, 0.29) is 0 Å². The number of alkyl halides is 3. The zero-order valence-electron chi connectivity index (χ0n) is 10.4. The van der Waals surface area contributed by atoms with Gasteiger partial charge in [0, 0.05) is 5.75 Å². The van der Waals surface area contributed by atoms with Crippen molar-refractivity contribution in [2.75, 3.05) is 5.75 Å². The predicted molar refractivity (Wildman–Crippen MR) is 71.8 cm³/mol. The lowest BCUT2D eigenvalue weighted by Crippen LogP contribution is -2.06. The number of thioether (sulfide) groups is 1. The second-order valence-corrected chi connectivity index (χ2v) is 6.48. The zero-order valence-corrected chi connectivity index (χ0v) is 12.0. The van der Waals surface area contributed by atoms with Crippen LogP contribution < -0.4 is 0 Å². The molecule has 108 valence electrons. The van der Waals surface area contributed by atoms with Gasteiger partial charge in [0.25, 0.3) is 0 Å². The quantitative estimate of drug-likeness (QED) is 0.873. The van der Waals surface area contributed by atoms with Crippen LogP contribution in [0.1, 0.15) is 22.2 Å². The predicted octanol–water partition coefficient (Wildman–Crippen LogP) is 3.69. The largest absolute Gasteiger partial charge is 0.416 e. The third-order valence-electron chi connectivity index (χ3n) is 2.49. The van der Waals surface area contributed by atoms with Gasteiger partial charge in [-0.1, -0.05) is 35.2 Å². The van der Waals surface area contributed by atoms with Gasteiger partial charge in [-0.3, -0.25) is 0 Å². The highest BCUT2D eigenvalue weighted by Crippen LogP contribution is 2.31. The molecule has 0 aliphatic rings. The molecule has 0 spiro atoms. The molecule has 0 fully saturated rings. The fourth-order valence-corrected chi connectivity index (χ4v) is 3.29. The van der Waals surface area contributed by atoms with Gasteiger partial charge in [-0.2, -0.15) is 13.2 Å². The minimum absolute atomic E-state index is 0.319. The average Bonchev–Trinajstić information content (AvgIpc) is 2.81. The van der Waals surface area contributed by atoms with Crippen LogP contribution in [-0.4, -0.2) is 21.1 Å². The molecular formula is C12H11F3N2OS2. The lowest BCUT2D eigenvalue weighted by molar-refractivity contribution is -0.137. The Morgan fingerprint density at radius 3 is 2.40 bits per heavy atom. The Morgan fingerprint density at radius 2 is 1.90 bits per heavy atom. The summed E-state index contributed by atoms with van der Waals surface area (Å²) in [7, 11) is 0. The molecule has 3 nitrogen and oxygen atoms in total. The number of rotatable bonds is 4. The van der Waals surface area contributed by atoms with Gasteiger partial charge in [-0.25, -0.2) is 0 Å². The monoisotopic (exact) mass is 320 g/mol. The van der Waals surface area contributed by atoms with E-state index in [1.165, 1.54) is 35.2 Å². The minimum Gasteiger partial charge on any atom is -0.388 e. The van der Waals surface area contributed by atoms with E-state index in [2.05, 4.69) is 10.2 Å². The molecule has 1 aromatic carbocycles. The molecule has 0 saturated carbocycles. The van der Waals surface area contributed by atoms with Gasteiger partial charge in [0.05, 0.1) is 11.7 Å². The number of aromatic nitrogens is 2. The van der Waals surface area contributed by atoms with Crippen molar-refractivity contribution in [1.82, 2.24) is 10.2 Å². The minimum atomic E-state index is -4.36. The van der Waals surface area contributed by atoms with E-state index in [9.17, 15) is 18.3 Å². The molecule has 0 saturated heterocycles. The topological polar surface area (TPSA) is 46.0 Å². The van der Waals surface area contributed by atoms with Crippen molar-refractivity contribution in [1.29, 1.82) is 0 Å². The SMILES string of the molecule is Cc1nnc(SC[C@@H](O)c2ccc(C(F)(F)F)cc2)s1. The van der Waals surface area contributed by atoms with Gasteiger partial charge >= 0.3 is 6.18 Å². The van der Waals surface area contributed by atoms with Crippen LogP contribution >= 0.6 is 23.1 Å². The molecule has 20 heavy (non-hydrogen) atoms. The van der Waals surface area contributed by atoms with E-state index in [1.54, 1.807) is 0 Å². The van der Waals surface area contributed by atoms with Crippen LogP contribution in [0.15, 0.2) is 28.6 Å². The summed E-state index contributed by atoms with van der Waals surface area (Å²) in [6, 6.07) is 4.52. The number of hydrogen-bond acceptors (Lipinski definition) is 5. The molecule has 1 aromatic heterocycles. The molecule has 0 aliphatic carbocycles. The standard InChI is InChI=1S/C12H11F3N2OS2/c1-7-16-17-11(20-7)19-6-10(18)8-2-4-9(5-3-8)12(13,14)15/h2-5,10,18H,6H2,1H3/t10-/m1/s1. The third kappa shape index (κ3) is 3.94. The van der Waals surface area contributed by atoms with Crippen molar-refractivity contribution < 1.29 is 18.3 Å². The Balaban J connectivity index is 1.97. The summed E-state index contributed by atoms with van der Waals surface area (Å²) in [5.41, 5.74) is -0.271. The number of halogens is 3. The van der Waals surface area contributed by atoms with E-state index < -0.39 is 17.8 Å². The fourth-order valence-electron chi connectivity index (χ4n) is 1.48. The highest BCUT2D eigenvalue weighted by Gasteiger charge is 2.30. The molecule has 1 atom stereocenters. The summed E-state index contributed by atoms with van der Waals surface area (Å²) in [6.45, 7) is 1.83. The molecule has 2 aromatic rings. The van der Waals surface area contributed by atoms with E-state index >= 15 is 0 Å². The summed E-state index contributed by atoms with van der Waals surface area (Å²) < 4.78 is 38.0. The third-order valence-corrected chi connectivity index (χ3v) is 4.54. The molecule has 0 unspecified atom stereocenters. The summed E-state index contributed by atoms with van der Waals surface area (Å²) >= 11 is 2.74. The molecule has 8 heteroatoms. The van der Waals surface area contributed by atoms with Crippen molar-refractivity contribution in [2.24, 2.45) is 0 Å². The van der Waals surface area contributed by atoms with Gasteiger partial charge in [0.2, 0.25) is 0 Å². The number of benzene rings is 1. The Bertz CT molecular complexity index is 569. The first-order chi connectivity index (χ1) is 9.36. The first-order valence-corrected chi connectivity index (χ1v) is 7.44. The van der Waals surface area contributed by atoms with Crippen LogP contribution in [0.25, 0.3) is 0 Å². The maximum absolute atomic E-state index is 12.4. The lowest BCUT2D eigenvalue weighted by atomic mass is 10.1. The van der Waals surface area contributed by atoms with Crippen LogP contribution in [0, 0.1) is 6.92 Å². The van der Waals surface area contributed by atoms with E-state index in [0.29, 0.717) is 11.3 Å². The van der Waals surface area contributed by atoms with Crippen molar-refractivity contribution in [3.63, 3.8) is 0 Å². The van der Waals surface area contributed by atoms with Gasteiger partial charge in [0.1, 0.15) is 5.01 Å². The van der Waals surface area contributed by atoms with Gasteiger partial charge in [-0.15, -0.1) is 10.2 Å². The molecule has 0 radical (unpaired) electrons. The van der Waals surface area contributed by atoms with Crippen LogP contribution in [0.2, 0.25) is 0 Å².